The van der Waals surface area contributed by atoms with Gasteiger partial charge in [0.2, 0.25) is 5.78 Å². The molecule has 0 rings (SSSR count). The second-order valence-corrected chi connectivity index (χ2v) is 2.34. The van der Waals surface area contributed by atoms with Crippen LogP contribution in [0.5, 0.6) is 0 Å². The van der Waals surface area contributed by atoms with Gasteiger partial charge in [0.05, 0.1) is 14.2 Å². The molecule has 0 saturated heterocycles. The van der Waals surface area contributed by atoms with Crippen molar-refractivity contribution in [1.82, 2.24) is 0 Å². The molecule has 0 spiro atoms. The van der Waals surface area contributed by atoms with Crippen LogP contribution in [-0.4, -0.2) is 31.9 Å². The lowest BCUT2D eigenvalue weighted by molar-refractivity contribution is -0.152. The SMILES string of the molecule is COC(=O)CCCC(=O)C(=O)OC. The summed E-state index contributed by atoms with van der Waals surface area (Å²) in [6, 6.07) is 0. The highest BCUT2D eigenvalue weighted by atomic mass is 16.5. The van der Waals surface area contributed by atoms with Crippen LogP contribution in [0.3, 0.4) is 0 Å². The molecule has 5 nitrogen and oxygen atoms in total. The van der Waals surface area contributed by atoms with Crippen LogP contribution in [0.2, 0.25) is 0 Å². The molecule has 0 unspecified atom stereocenters. The van der Waals surface area contributed by atoms with Crippen molar-refractivity contribution in [2.45, 2.75) is 19.3 Å². The summed E-state index contributed by atoms with van der Waals surface area (Å²) in [6.45, 7) is 0. The number of hydrogen-bond donors (Lipinski definition) is 0. The molecule has 0 aromatic rings. The minimum absolute atomic E-state index is 0.0156. The van der Waals surface area contributed by atoms with E-state index in [-0.39, 0.29) is 12.8 Å². The fraction of sp³-hybridized carbons (Fsp3) is 0.625. The molecule has 5 heteroatoms. The van der Waals surface area contributed by atoms with Crippen molar-refractivity contribution in [2.75, 3.05) is 14.2 Å². The van der Waals surface area contributed by atoms with E-state index >= 15 is 0 Å². The molecule has 0 aliphatic heterocycles. The average Bonchev–Trinajstić information content (AvgIpc) is 2.15. The van der Waals surface area contributed by atoms with Gasteiger partial charge in [0.1, 0.15) is 0 Å². The Kier molecular flexibility index (Phi) is 5.50. The first-order valence-electron chi connectivity index (χ1n) is 3.79. The van der Waals surface area contributed by atoms with E-state index in [2.05, 4.69) is 9.47 Å². The van der Waals surface area contributed by atoms with Crippen molar-refractivity contribution in [3.63, 3.8) is 0 Å². The lowest BCUT2D eigenvalue weighted by Crippen LogP contribution is -2.15. The highest BCUT2D eigenvalue weighted by Gasteiger charge is 2.13. The molecule has 0 heterocycles. The maximum absolute atomic E-state index is 10.8. The predicted molar refractivity (Wildman–Crippen MR) is 42.9 cm³/mol. The van der Waals surface area contributed by atoms with Crippen molar-refractivity contribution in [1.29, 1.82) is 0 Å². The zero-order chi connectivity index (χ0) is 10.3. The van der Waals surface area contributed by atoms with Gasteiger partial charge in [-0.2, -0.15) is 0 Å². The third-order valence-electron chi connectivity index (χ3n) is 1.43. The molecule has 13 heavy (non-hydrogen) atoms. The predicted octanol–water partition coefficient (Wildman–Crippen LogP) is 0.0718. The minimum atomic E-state index is -0.870. The smallest absolute Gasteiger partial charge is 0.374 e. The number of ketones is 1. The second-order valence-electron chi connectivity index (χ2n) is 2.34. The first kappa shape index (κ1) is 11.6. The molecular weight excluding hydrogens is 176 g/mol. The average molecular weight is 188 g/mol. The summed E-state index contributed by atoms with van der Waals surface area (Å²) in [6.07, 6.45) is 0.460. The van der Waals surface area contributed by atoms with E-state index in [4.69, 9.17) is 0 Å². The van der Waals surface area contributed by atoms with Crippen molar-refractivity contribution in [3.8, 4) is 0 Å². The van der Waals surface area contributed by atoms with E-state index in [1.807, 2.05) is 0 Å². The number of hydrogen-bond acceptors (Lipinski definition) is 5. The molecule has 0 amide bonds. The molecular formula is C8H12O5. The number of carbonyl (C=O) groups excluding carboxylic acids is 3. The van der Waals surface area contributed by atoms with E-state index in [1.165, 1.54) is 7.11 Å². The van der Waals surface area contributed by atoms with Gasteiger partial charge in [0, 0.05) is 12.8 Å². The molecule has 0 aliphatic rings. The number of methoxy groups -OCH3 is 2. The number of Topliss-reactive ketones (excluding diaryl/α,β-unsaturated/α-hetero) is 1. The van der Waals surface area contributed by atoms with Gasteiger partial charge in [-0.05, 0) is 6.42 Å². The minimum Gasteiger partial charge on any atom is -0.469 e. The van der Waals surface area contributed by atoms with Gasteiger partial charge in [-0.1, -0.05) is 0 Å². The van der Waals surface area contributed by atoms with Crippen LogP contribution in [0, 0.1) is 0 Å². The number of carbonyl (C=O) groups is 3. The van der Waals surface area contributed by atoms with Gasteiger partial charge in [-0.15, -0.1) is 0 Å². The summed E-state index contributed by atoms with van der Waals surface area (Å²) in [5.41, 5.74) is 0. The molecule has 0 radical (unpaired) electrons. The Hall–Kier alpha value is -1.39. The topological polar surface area (TPSA) is 69.7 Å². The summed E-state index contributed by atoms with van der Waals surface area (Å²) in [5.74, 6) is -1.88. The Morgan fingerprint density at radius 3 is 2.08 bits per heavy atom. The molecule has 0 fully saturated rings. The molecule has 0 N–H and O–H groups in total. The zero-order valence-electron chi connectivity index (χ0n) is 7.66. The number of esters is 2. The van der Waals surface area contributed by atoms with Gasteiger partial charge in [-0.25, -0.2) is 4.79 Å². The first-order valence-corrected chi connectivity index (χ1v) is 3.79. The molecule has 0 aliphatic carbocycles. The molecule has 0 aromatic carbocycles. The largest absolute Gasteiger partial charge is 0.469 e. The summed E-state index contributed by atoms with van der Waals surface area (Å²) >= 11 is 0. The quantitative estimate of drug-likeness (QED) is 0.451. The summed E-state index contributed by atoms with van der Waals surface area (Å²) < 4.78 is 8.54. The van der Waals surface area contributed by atoms with E-state index < -0.39 is 17.7 Å². The van der Waals surface area contributed by atoms with Crippen LogP contribution >= 0.6 is 0 Å². The van der Waals surface area contributed by atoms with E-state index in [1.54, 1.807) is 0 Å². The Balaban J connectivity index is 3.59. The van der Waals surface area contributed by atoms with Gasteiger partial charge in [0.15, 0.2) is 0 Å². The Morgan fingerprint density at radius 1 is 1.00 bits per heavy atom. The Morgan fingerprint density at radius 2 is 1.62 bits per heavy atom. The molecule has 0 bridgehead atoms. The first-order chi connectivity index (χ1) is 6.11. The van der Waals surface area contributed by atoms with Crippen molar-refractivity contribution in [3.05, 3.63) is 0 Å². The Bertz CT molecular complexity index is 209. The number of rotatable bonds is 5. The van der Waals surface area contributed by atoms with Crippen LogP contribution in [0.15, 0.2) is 0 Å². The fourth-order valence-corrected chi connectivity index (χ4v) is 0.711. The summed E-state index contributed by atoms with van der Waals surface area (Å²) in [7, 11) is 2.41. The van der Waals surface area contributed by atoms with Crippen LogP contribution in [0.25, 0.3) is 0 Å². The molecule has 0 aromatic heterocycles. The van der Waals surface area contributed by atoms with Gasteiger partial charge in [-0.3, -0.25) is 9.59 Å². The molecule has 0 saturated carbocycles. The van der Waals surface area contributed by atoms with E-state index in [0.29, 0.717) is 6.42 Å². The summed E-state index contributed by atoms with van der Waals surface area (Å²) in [5, 5.41) is 0. The fourth-order valence-electron chi connectivity index (χ4n) is 0.711. The van der Waals surface area contributed by atoms with Crippen LogP contribution in [0.1, 0.15) is 19.3 Å². The van der Waals surface area contributed by atoms with Crippen molar-refractivity contribution in [2.24, 2.45) is 0 Å². The van der Waals surface area contributed by atoms with Gasteiger partial charge < -0.3 is 9.47 Å². The van der Waals surface area contributed by atoms with Gasteiger partial charge in [0.25, 0.3) is 0 Å². The van der Waals surface area contributed by atoms with Crippen LogP contribution < -0.4 is 0 Å². The Labute approximate surface area is 76.0 Å². The van der Waals surface area contributed by atoms with Crippen LogP contribution in [-0.2, 0) is 23.9 Å². The molecule has 0 atom stereocenters. The maximum Gasteiger partial charge on any atom is 0.374 e. The maximum atomic E-state index is 10.8. The normalized spacial score (nSPS) is 9.08. The van der Waals surface area contributed by atoms with Crippen LogP contribution in [0.4, 0.5) is 0 Å². The van der Waals surface area contributed by atoms with Crippen molar-refractivity contribution < 1.29 is 23.9 Å². The third kappa shape index (κ3) is 4.95. The monoisotopic (exact) mass is 188 g/mol. The number of ether oxygens (including phenoxy) is 2. The summed E-state index contributed by atoms with van der Waals surface area (Å²) in [4.78, 5) is 32.0. The van der Waals surface area contributed by atoms with Gasteiger partial charge >= 0.3 is 11.9 Å². The third-order valence-corrected chi connectivity index (χ3v) is 1.43. The van der Waals surface area contributed by atoms with E-state index in [9.17, 15) is 14.4 Å². The lowest BCUT2D eigenvalue weighted by Gasteiger charge is -1.98. The van der Waals surface area contributed by atoms with Crippen molar-refractivity contribution >= 4 is 17.7 Å². The molecule has 74 valence electrons. The lowest BCUT2D eigenvalue weighted by atomic mass is 10.2. The van der Waals surface area contributed by atoms with E-state index in [0.717, 1.165) is 7.11 Å². The zero-order valence-corrected chi connectivity index (χ0v) is 7.66. The second kappa shape index (κ2) is 6.16. The highest BCUT2D eigenvalue weighted by molar-refractivity contribution is 6.33. The highest BCUT2D eigenvalue weighted by Crippen LogP contribution is 1.98. The standard InChI is InChI=1S/C8H12O5/c1-12-7(10)5-3-4-6(9)8(11)13-2/h3-5H2,1-2H3.